The van der Waals surface area contributed by atoms with Crippen LogP contribution in [0.1, 0.15) is 36.9 Å². The van der Waals surface area contributed by atoms with E-state index in [-0.39, 0.29) is 5.69 Å². The van der Waals surface area contributed by atoms with Crippen molar-refractivity contribution in [3.8, 4) is 11.8 Å². The first-order valence-corrected chi connectivity index (χ1v) is 8.34. The number of carbonyl (C=O) groups is 1. The molecule has 0 aliphatic heterocycles. The Hall–Kier alpha value is -3.33. The van der Waals surface area contributed by atoms with Crippen LogP contribution in [0.5, 0.6) is 0 Å². The average Bonchev–Trinajstić information content (AvgIpc) is 2.66. The fourth-order valence-electron chi connectivity index (χ4n) is 2.14. The number of amides is 1. The van der Waals surface area contributed by atoms with Crippen LogP contribution in [0.3, 0.4) is 0 Å². The number of ether oxygens (including phenoxy) is 1. The molecule has 0 aromatic heterocycles. The quantitative estimate of drug-likeness (QED) is 0.365. The summed E-state index contributed by atoms with van der Waals surface area (Å²) in [6.45, 7) is 2.34. The van der Waals surface area contributed by atoms with Gasteiger partial charge in [-0.25, -0.2) is 4.79 Å². The number of nitrogens with zero attached hydrogens (tertiary/aromatic N) is 1. The topological polar surface area (TPSA) is 81.5 Å². The number of benzene rings is 2. The summed E-state index contributed by atoms with van der Waals surface area (Å²) >= 11 is 0. The van der Waals surface area contributed by atoms with Gasteiger partial charge in [0.15, 0.2) is 0 Å². The molecule has 26 heavy (non-hydrogen) atoms. The molecule has 6 heteroatoms. The Kier molecular flexibility index (Phi) is 7.19. The number of alkyl carbamates (subject to hydrolysis) is 1. The molecule has 2 rings (SSSR count). The molecular weight excluding hydrogens is 332 g/mol. The van der Waals surface area contributed by atoms with Crippen molar-refractivity contribution in [2.75, 3.05) is 6.61 Å². The highest BCUT2D eigenvalue weighted by Gasteiger charge is 2.14. The zero-order chi connectivity index (χ0) is 18.8. The van der Waals surface area contributed by atoms with Crippen LogP contribution in [0.4, 0.5) is 10.5 Å². The van der Waals surface area contributed by atoms with Gasteiger partial charge in [0.05, 0.1) is 11.5 Å². The van der Waals surface area contributed by atoms with Crippen molar-refractivity contribution >= 4 is 11.8 Å². The highest BCUT2D eigenvalue weighted by Crippen LogP contribution is 2.18. The zero-order valence-electron chi connectivity index (χ0n) is 14.5. The molecule has 1 unspecified atom stereocenters. The van der Waals surface area contributed by atoms with Crippen molar-refractivity contribution in [3.05, 3.63) is 75.8 Å². The Morgan fingerprint density at radius 2 is 1.88 bits per heavy atom. The maximum atomic E-state index is 12.0. The average molecular weight is 352 g/mol. The van der Waals surface area contributed by atoms with E-state index in [9.17, 15) is 14.9 Å². The van der Waals surface area contributed by atoms with Crippen molar-refractivity contribution in [2.45, 2.75) is 25.8 Å². The monoisotopic (exact) mass is 352 g/mol. The van der Waals surface area contributed by atoms with Crippen LogP contribution in [0.25, 0.3) is 0 Å². The SMILES string of the molecule is CCCCOC(=O)NC(C#Cc1ccccc1)c1ccc([N+](=O)[O-])cc1. The highest BCUT2D eigenvalue weighted by molar-refractivity contribution is 5.68. The molecule has 0 bridgehead atoms. The Morgan fingerprint density at radius 3 is 2.50 bits per heavy atom. The summed E-state index contributed by atoms with van der Waals surface area (Å²) in [7, 11) is 0. The molecule has 1 N–H and O–H groups in total. The molecule has 0 saturated heterocycles. The standard InChI is InChI=1S/C20H20N2O4/c1-2-3-15-26-20(23)21-19(14-9-16-7-5-4-6-8-16)17-10-12-18(13-11-17)22(24)25/h4-8,10-13,19H,2-3,15H2,1H3,(H,21,23). The summed E-state index contributed by atoms with van der Waals surface area (Å²) in [6.07, 6.45) is 1.14. The second-order valence-electron chi connectivity index (χ2n) is 5.55. The zero-order valence-corrected chi connectivity index (χ0v) is 14.5. The van der Waals surface area contributed by atoms with Crippen molar-refractivity contribution in [1.29, 1.82) is 0 Å². The maximum Gasteiger partial charge on any atom is 0.408 e. The third-order valence-electron chi connectivity index (χ3n) is 3.57. The third kappa shape index (κ3) is 5.95. The normalized spacial score (nSPS) is 11.0. The van der Waals surface area contributed by atoms with E-state index in [0.717, 1.165) is 18.4 Å². The fourth-order valence-corrected chi connectivity index (χ4v) is 2.14. The van der Waals surface area contributed by atoms with Crippen LogP contribution in [0.2, 0.25) is 0 Å². The number of nitro benzene ring substituents is 1. The summed E-state index contributed by atoms with van der Waals surface area (Å²) in [5.74, 6) is 5.99. The molecular formula is C20H20N2O4. The van der Waals surface area contributed by atoms with Gasteiger partial charge in [-0.15, -0.1) is 0 Å². The van der Waals surface area contributed by atoms with Gasteiger partial charge in [-0.1, -0.05) is 43.4 Å². The summed E-state index contributed by atoms with van der Waals surface area (Å²) in [4.78, 5) is 22.3. The van der Waals surface area contributed by atoms with E-state index in [0.29, 0.717) is 12.2 Å². The molecule has 0 saturated carbocycles. The number of unbranched alkanes of at least 4 members (excludes halogenated alkanes) is 1. The molecule has 0 aliphatic rings. The minimum Gasteiger partial charge on any atom is -0.450 e. The summed E-state index contributed by atoms with van der Waals surface area (Å²) in [5.41, 5.74) is 1.43. The predicted octanol–water partition coefficient (Wildman–Crippen LogP) is 4.21. The molecule has 0 fully saturated rings. The predicted molar refractivity (Wildman–Crippen MR) is 98.5 cm³/mol. The second-order valence-corrected chi connectivity index (χ2v) is 5.55. The van der Waals surface area contributed by atoms with Crippen molar-refractivity contribution in [2.24, 2.45) is 0 Å². The number of nitro groups is 1. The lowest BCUT2D eigenvalue weighted by atomic mass is 10.1. The van der Waals surface area contributed by atoms with Gasteiger partial charge >= 0.3 is 6.09 Å². The smallest absolute Gasteiger partial charge is 0.408 e. The Balaban J connectivity index is 2.19. The minimum absolute atomic E-state index is 0.0194. The number of hydrogen-bond acceptors (Lipinski definition) is 4. The summed E-state index contributed by atoms with van der Waals surface area (Å²) < 4.78 is 5.12. The van der Waals surface area contributed by atoms with Gasteiger partial charge < -0.3 is 10.1 Å². The molecule has 0 aliphatic carbocycles. The van der Waals surface area contributed by atoms with Crippen LogP contribution < -0.4 is 5.32 Å². The van der Waals surface area contributed by atoms with E-state index in [4.69, 9.17) is 4.74 Å². The van der Waals surface area contributed by atoms with Crippen LogP contribution >= 0.6 is 0 Å². The Morgan fingerprint density at radius 1 is 1.19 bits per heavy atom. The number of rotatable bonds is 6. The third-order valence-corrected chi connectivity index (χ3v) is 3.57. The van der Waals surface area contributed by atoms with E-state index in [1.54, 1.807) is 12.1 Å². The van der Waals surface area contributed by atoms with E-state index >= 15 is 0 Å². The van der Waals surface area contributed by atoms with Crippen LogP contribution in [-0.2, 0) is 4.74 Å². The lowest BCUT2D eigenvalue weighted by molar-refractivity contribution is -0.384. The van der Waals surface area contributed by atoms with Gasteiger partial charge in [-0.05, 0) is 36.2 Å². The number of hydrogen-bond donors (Lipinski definition) is 1. The van der Waals surface area contributed by atoms with Gasteiger partial charge in [-0.3, -0.25) is 10.1 Å². The van der Waals surface area contributed by atoms with E-state index in [2.05, 4.69) is 17.2 Å². The highest BCUT2D eigenvalue weighted by atomic mass is 16.6. The first kappa shape index (κ1) is 19.0. The van der Waals surface area contributed by atoms with Gasteiger partial charge in [-0.2, -0.15) is 0 Å². The van der Waals surface area contributed by atoms with Gasteiger partial charge in [0.1, 0.15) is 6.04 Å². The molecule has 1 atom stereocenters. The maximum absolute atomic E-state index is 12.0. The lowest BCUT2D eigenvalue weighted by Gasteiger charge is -2.13. The lowest BCUT2D eigenvalue weighted by Crippen LogP contribution is -2.28. The molecule has 2 aromatic carbocycles. The first-order valence-electron chi connectivity index (χ1n) is 8.34. The van der Waals surface area contributed by atoms with Crippen molar-refractivity contribution in [1.82, 2.24) is 5.32 Å². The van der Waals surface area contributed by atoms with Crippen LogP contribution in [0, 0.1) is 22.0 Å². The molecule has 134 valence electrons. The number of nitrogens with one attached hydrogen (secondary N) is 1. The Labute approximate surface area is 152 Å². The largest absolute Gasteiger partial charge is 0.450 e. The summed E-state index contributed by atoms with van der Waals surface area (Å²) in [6, 6.07) is 14.7. The fraction of sp³-hybridized carbons (Fsp3) is 0.250. The van der Waals surface area contributed by atoms with Gasteiger partial charge in [0, 0.05) is 17.7 Å². The molecule has 0 radical (unpaired) electrons. The van der Waals surface area contributed by atoms with E-state index in [1.807, 2.05) is 37.3 Å². The van der Waals surface area contributed by atoms with Gasteiger partial charge in [0.2, 0.25) is 0 Å². The van der Waals surface area contributed by atoms with E-state index in [1.165, 1.54) is 12.1 Å². The van der Waals surface area contributed by atoms with E-state index < -0.39 is 17.1 Å². The van der Waals surface area contributed by atoms with Crippen LogP contribution in [0.15, 0.2) is 54.6 Å². The molecule has 0 heterocycles. The second kappa shape index (κ2) is 9.84. The number of carbonyl (C=O) groups excluding carboxylic acids is 1. The molecule has 0 spiro atoms. The number of non-ortho nitro benzene ring substituents is 1. The minimum atomic E-state index is -0.634. The van der Waals surface area contributed by atoms with Gasteiger partial charge in [0.25, 0.3) is 5.69 Å². The van der Waals surface area contributed by atoms with Crippen LogP contribution in [-0.4, -0.2) is 17.6 Å². The van der Waals surface area contributed by atoms with Crippen molar-refractivity contribution in [3.63, 3.8) is 0 Å². The first-order chi connectivity index (χ1) is 12.6. The molecule has 1 amide bonds. The molecule has 2 aromatic rings. The Bertz CT molecular complexity index is 792. The summed E-state index contributed by atoms with van der Waals surface area (Å²) in [5, 5.41) is 13.5. The van der Waals surface area contributed by atoms with Crippen molar-refractivity contribution < 1.29 is 14.5 Å². The molecule has 6 nitrogen and oxygen atoms in total.